The van der Waals surface area contributed by atoms with E-state index in [1.54, 1.807) is 0 Å². The molecule has 1 amide bonds. The Balaban J connectivity index is 0.00000225. The van der Waals surface area contributed by atoms with Gasteiger partial charge in [0.15, 0.2) is 0 Å². The van der Waals surface area contributed by atoms with Gasteiger partial charge in [0.2, 0.25) is 5.91 Å². The molecular formula is C21H33ClN2O. The van der Waals surface area contributed by atoms with E-state index in [2.05, 4.69) is 47.5 Å². The van der Waals surface area contributed by atoms with Gasteiger partial charge in [0.1, 0.15) is 0 Å². The first-order chi connectivity index (χ1) is 11.7. The van der Waals surface area contributed by atoms with Gasteiger partial charge in [-0.2, -0.15) is 0 Å². The van der Waals surface area contributed by atoms with Gasteiger partial charge in [-0.3, -0.25) is 4.79 Å². The van der Waals surface area contributed by atoms with E-state index in [1.165, 1.54) is 18.4 Å². The zero-order valence-corrected chi connectivity index (χ0v) is 16.3. The molecular weight excluding hydrogens is 332 g/mol. The standard InChI is InChI=1S/C21H32N2O.ClH/c1-17(20-7-11-22-12-8-20)15-21(24)23-13-9-19(10-14-23)16-18-5-3-2-4-6-18;/h2-6,17,19-20,22H,7-16H2,1H3;1H. The van der Waals surface area contributed by atoms with E-state index in [-0.39, 0.29) is 12.4 Å². The molecule has 2 aliphatic heterocycles. The lowest BCUT2D eigenvalue weighted by molar-refractivity contribution is -0.134. The minimum Gasteiger partial charge on any atom is -0.343 e. The molecule has 0 radical (unpaired) electrons. The Bertz CT molecular complexity index is 508. The maximum Gasteiger partial charge on any atom is 0.222 e. The number of nitrogens with one attached hydrogen (secondary N) is 1. The fourth-order valence-corrected chi connectivity index (χ4v) is 4.32. The van der Waals surface area contributed by atoms with E-state index in [0.717, 1.165) is 63.7 Å². The van der Waals surface area contributed by atoms with Crippen molar-refractivity contribution in [2.75, 3.05) is 26.2 Å². The molecule has 4 heteroatoms. The Labute approximate surface area is 159 Å². The van der Waals surface area contributed by atoms with Gasteiger partial charge in [0, 0.05) is 19.5 Å². The SMILES string of the molecule is CC(CC(=O)N1CCC(Cc2ccccc2)CC1)C1CCNCC1.Cl. The van der Waals surface area contributed by atoms with Crippen LogP contribution in [0.1, 0.15) is 44.6 Å². The van der Waals surface area contributed by atoms with Crippen molar-refractivity contribution in [2.45, 2.75) is 45.4 Å². The summed E-state index contributed by atoms with van der Waals surface area (Å²) in [7, 11) is 0. The largest absolute Gasteiger partial charge is 0.343 e. The van der Waals surface area contributed by atoms with Crippen LogP contribution in [-0.4, -0.2) is 37.0 Å². The average Bonchev–Trinajstić information content (AvgIpc) is 2.64. The van der Waals surface area contributed by atoms with Crippen LogP contribution in [0.4, 0.5) is 0 Å². The fraction of sp³-hybridized carbons (Fsp3) is 0.667. The zero-order valence-electron chi connectivity index (χ0n) is 15.5. The summed E-state index contributed by atoms with van der Waals surface area (Å²) in [6, 6.07) is 10.8. The van der Waals surface area contributed by atoms with Gasteiger partial charge in [0.25, 0.3) is 0 Å². The van der Waals surface area contributed by atoms with Crippen LogP contribution >= 0.6 is 12.4 Å². The second-order valence-electron chi connectivity index (χ2n) is 7.78. The Morgan fingerprint density at radius 2 is 1.76 bits per heavy atom. The predicted octanol–water partition coefficient (Wildman–Crippen LogP) is 3.92. The van der Waals surface area contributed by atoms with Crippen molar-refractivity contribution in [3.8, 4) is 0 Å². The fourth-order valence-electron chi connectivity index (χ4n) is 4.32. The number of nitrogens with zero attached hydrogens (tertiary/aromatic N) is 1. The Morgan fingerprint density at radius 3 is 2.40 bits per heavy atom. The smallest absolute Gasteiger partial charge is 0.222 e. The molecule has 1 N–H and O–H groups in total. The molecule has 0 aliphatic carbocycles. The van der Waals surface area contributed by atoms with Crippen LogP contribution in [0.15, 0.2) is 30.3 Å². The summed E-state index contributed by atoms with van der Waals surface area (Å²) in [5, 5.41) is 3.42. The number of piperidine rings is 2. The molecule has 3 rings (SSSR count). The summed E-state index contributed by atoms with van der Waals surface area (Å²) in [5.74, 6) is 2.38. The first-order valence-electron chi connectivity index (χ1n) is 9.75. The number of halogens is 1. The lowest BCUT2D eigenvalue weighted by Gasteiger charge is -2.34. The van der Waals surface area contributed by atoms with Gasteiger partial charge < -0.3 is 10.2 Å². The van der Waals surface area contributed by atoms with Crippen molar-refractivity contribution in [3.05, 3.63) is 35.9 Å². The van der Waals surface area contributed by atoms with Crippen LogP contribution in [0, 0.1) is 17.8 Å². The Morgan fingerprint density at radius 1 is 1.12 bits per heavy atom. The topological polar surface area (TPSA) is 32.3 Å². The first-order valence-corrected chi connectivity index (χ1v) is 9.75. The van der Waals surface area contributed by atoms with Crippen molar-refractivity contribution >= 4 is 18.3 Å². The van der Waals surface area contributed by atoms with Crippen molar-refractivity contribution in [2.24, 2.45) is 17.8 Å². The minimum atomic E-state index is 0. The van der Waals surface area contributed by atoms with Crippen LogP contribution in [-0.2, 0) is 11.2 Å². The normalized spacial score (nSPS) is 20.8. The second kappa shape index (κ2) is 10.2. The molecule has 2 aliphatic rings. The van der Waals surface area contributed by atoms with Gasteiger partial charge >= 0.3 is 0 Å². The van der Waals surface area contributed by atoms with Gasteiger partial charge in [-0.1, -0.05) is 37.3 Å². The van der Waals surface area contributed by atoms with Crippen LogP contribution in [0.2, 0.25) is 0 Å². The molecule has 25 heavy (non-hydrogen) atoms. The molecule has 2 fully saturated rings. The number of hydrogen-bond acceptors (Lipinski definition) is 2. The lowest BCUT2D eigenvalue weighted by atomic mass is 9.83. The highest BCUT2D eigenvalue weighted by Crippen LogP contribution is 2.27. The summed E-state index contributed by atoms with van der Waals surface area (Å²) in [4.78, 5) is 14.8. The Hall–Kier alpha value is -1.06. The monoisotopic (exact) mass is 364 g/mol. The van der Waals surface area contributed by atoms with E-state index >= 15 is 0 Å². The highest BCUT2D eigenvalue weighted by Gasteiger charge is 2.27. The second-order valence-corrected chi connectivity index (χ2v) is 7.78. The molecule has 2 heterocycles. The van der Waals surface area contributed by atoms with E-state index in [0.29, 0.717) is 11.8 Å². The number of amides is 1. The van der Waals surface area contributed by atoms with Crippen molar-refractivity contribution < 1.29 is 4.79 Å². The quantitative estimate of drug-likeness (QED) is 0.858. The van der Waals surface area contributed by atoms with E-state index in [9.17, 15) is 4.79 Å². The molecule has 0 spiro atoms. The molecule has 0 bridgehead atoms. The van der Waals surface area contributed by atoms with Crippen LogP contribution in [0.25, 0.3) is 0 Å². The highest BCUT2D eigenvalue weighted by molar-refractivity contribution is 5.85. The van der Waals surface area contributed by atoms with Crippen LogP contribution in [0.3, 0.4) is 0 Å². The summed E-state index contributed by atoms with van der Waals surface area (Å²) in [6.45, 7) is 6.42. The van der Waals surface area contributed by atoms with Gasteiger partial charge in [-0.05, 0) is 68.5 Å². The molecule has 0 aromatic heterocycles. The molecule has 1 aromatic rings. The van der Waals surface area contributed by atoms with E-state index in [4.69, 9.17) is 0 Å². The third kappa shape index (κ3) is 6.00. The maximum atomic E-state index is 12.6. The Kier molecular flexibility index (Phi) is 8.25. The zero-order chi connectivity index (χ0) is 16.8. The third-order valence-electron chi connectivity index (χ3n) is 6.02. The third-order valence-corrected chi connectivity index (χ3v) is 6.02. The van der Waals surface area contributed by atoms with E-state index < -0.39 is 0 Å². The lowest BCUT2D eigenvalue weighted by Crippen LogP contribution is -2.40. The summed E-state index contributed by atoms with van der Waals surface area (Å²) in [5.41, 5.74) is 1.43. The number of carbonyl (C=O) groups is 1. The summed E-state index contributed by atoms with van der Waals surface area (Å²) >= 11 is 0. The molecule has 2 saturated heterocycles. The number of carbonyl (C=O) groups excluding carboxylic acids is 1. The predicted molar refractivity (Wildman–Crippen MR) is 106 cm³/mol. The first kappa shape index (κ1) is 20.3. The number of benzene rings is 1. The minimum absolute atomic E-state index is 0. The molecule has 1 unspecified atom stereocenters. The summed E-state index contributed by atoms with van der Waals surface area (Å²) in [6.07, 6.45) is 6.67. The highest BCUT2D eigenvalue weighted by atomic mass is 35.5. The molecule has 0 saturated carbocycles. The van der Waals surface area contributed by atoms with E-state index in [1.807, 2.05) is 0 Å². The van der Waals surface area contributed by atoms with Gasteiger partial charge in [0.05, 0.1) is 0 Å². The van der Waals surface area contributed by atoms with Crippen LogP contribution in [0.5, 0.6) is 0 Å². The van der Waals surface area contributed by atoms with Gasteiger partial charge in [-0.15, -0.1) is 12.4 Å². The number of hydrogen-bond donors (Lipinski definition) is 1. The van der Waals surface area contributed by atoms with Gasteiger partial charge in [-0.25, -0.2) is 0 Å². The van der Waals surface area contributed by atoms with Crippen molar-refractivity contribution in [3.63, 3.8) is 0 Å². The molecule has 140 valence electrons. The molecule has 1 aromatic carbocycles. The number of likely N-dealkylation sites (tertiary alicyclic amines) is 1. The number of rotatable bonds is 5. The van der Waals surface area contributed by atoms with Crippen molar-refractivity contribution in [1.29, 1.82) is 0 Å². The van der Waals surface area contributed by atoms with Crippen LogP contribution < -0.4 is 5.32 Å². The summed E-state index contributed by atoms with van der Waals surface area (Å²) < 4.78 is 0. The molecule has 1 atom stereocenters. The average molecular weight is 365 g/mol. The van der Waals surface area contributed by atoms with Crippen molar-refractivity contribution in [1.82, 2.24) is 10.2 Å². The molecule has 3 nitrogen and oxygen atoms in total. The maximum absolute atomic E-state index is 12.6.